The first-order valence-corrected chi connectivity index (χ1v) is 4.54. The van der Waals surface area contributed by atoms with Crippen molar-refractivity contribution in [3.63, 3.8) is 0 Å². The highest BCUT2D eigenvalue weighted by atomic mass is 19.1. The van der Waals surface area contributed by atoms with Gasteiger partial charge < -0.3 is 10.4 Å². The van der Waals surface area contributed by atoms with Crippen molar-refractivity contribution in [1.82, 2.24) is 14.9 Å². The van der Waals surface area contributed by atoms with E-state index in [1.165, 1.54) is 0 Å². The van der Waals surface area contributed by atoms with Crippen LogP contribution in [-0.2, 0) is 4.79 Å². The van der Waals surface area contributed by atoms with Crippen molar-refractivity contribution in [3.8, 4) is 0 Å². The maximum atomic E-state index is 12.9. The van der Waals surface area contributed by atoms with Gasteiger partial charge >= 0.3 is 17.7 Å². The summed E-state index contributed by atoms with van der Waals surface area (Å²) < 4.78 is 13.1. The van der Waals surface area contributed by atoms with Crippen LogP contribution < -0.4 is 16.6 Å². The molecule has 1 aromatic rings. The van der Waals surface area contributed by atoms with E-state index in [1.54, 1.807) is 4.98 Å². The van der Waals surface area contributed by atoms with Crippen LogP contribution in [0, 0.1) is 5.82 Å². The summed E-state index contributed by atoms with van der Waals surface area (Å²) in [5.41, 5.74) is -2.46. The maximum absolute atomic E-state index is 12.9. The molecule has 0 aliphatic heterocycles. The number of nitrogens with one attached hydrogen (secondary N) is 2. The number of carboxylic acids is 1. The molecule has 1 aromatic heterocycles. The quantitative estimate of drug-likeness (QED) is 0.592. The molecule has 0 saturated carbocycles. The molecule has 0 radical (unpaired) electrons. The molecule has 0 fully saturated rings. The van der Waals surface area contributed by atoms with Crippen molar-refractivity contribution in [2.45, 2.75) is 6.04 Å². The van der Waals surface area contributed by atoms with Gasteiger partial charge in [-0.3, -0.25) is 9.78 Å². The lowest BCUT2D eigenvalue weighted by molar-refractivity contribution is -0.137. The number of halogens is 1. The third-order valence-electron chi connectivity index (χ3n) is 1.90. The number of aromatic amines is 1. The fourth-order valence-electron chi connectivity index (χ4n) is 1.02. The number of carboxylic acid groups (broad SMARTS) is 1. The zero-order valence-electron chi connectivity index (χ0n) is 8.84. The third-order valence-corrected chi connectivity index (χ3v) is 1.90. The van der Waals surface area contributed by atoms with Crippen molar-refractivity contribution in [2.75, 3.05) is 0 Å². The zero-order chi connectivity index (χ0) is 13.9. The Morgan fingerprint density at radius 3 is 2.67 bits per heavy atom. The van der Waals surface area contributed by atoms with Gasteiger partial charge in [-0.15, -0.1) is 6.58 Å². The average Bonchev–Trinajstić information content (AvgIpc) is 2.29. The number of carbonyl (C=O) groups is 2. The molecule has 0 saturated heterocycles. The smallest absolute Gasteiger partial charge is 0.336 e. The second-order valence-corrected chi connectivity index (χ2v) is 3.11. The first kappa shape index (κ1) is 13.4. The van der Waals surface area contributed by atoms with Crippen LogP contribution in [0.5, 0.6) is 0 Å². The summed E-state index contributed by atoms with van der Waals surface area (Å²) in [6, 6.07) is -2.65. The first-order chi connectivity index (χ1) is 8.36. The summed E-state index contributed by atoms with van der Waals surface area (Å²) in [6.45, 7) is 3.17. The molecule has 0 aliphatic carbocycles. The van der Waals surface area contributed by atoms with Gasteiger partial charge in [-0.25, -0.2) is 19.0 Å². The molecule has 1 atom stereocenters. The summed E-state index contributed by atoms with van der Waals surface area (Å²) in [7, 11) is 0. The predicted molar refractivity (Wildman–Crippen MR) is 56.8 cm³/mol. The van der Waals surface area contributed by atoms with E-state index in [2.05, 4.69) is 6.58 Å². The number of hydrogen-bond acceptors (Lipinski definition) is 4. The van der Waals surface area contributed by atoms with Crippen LogP contribution >= 0.6 is 0 Å². The minimum Gasteiger partial charge on any atom is -0.479 e. The molecule has 0 spiro atoms. The van der Waals surface area contributed by atoms with Crippen LogP contribution in [0.25, 0.3) is 0 Å². The van der Waals surface area contributed by atoms with E-state index in [0.29, 0.717) is 6.20 Å². The van der Waals surface area contributed by atoms with E-state index in [1.807, 2.05) is 5.32 Å². The zero-order valence-corrected chi connectivity index (χ0v) is 8.84. The van der Waals surface area contributed by atoms with Crippen LogP contribution in [0.15, 0.2) is 28.4 Å². The van der Waals surface area contributed by atoms with Crippen LogP contribution in [-0.4, -0.2) is 32.7 Å². The van der Waals surface area contributed by atoms with E-state index < -0.39 is 35.1 Å². The Labute approximate surface area is 98.4 Å². The Balaban J connectivity index is 3.09. The van der Waals surface area contributed by atoms with E-state index >= 15 is 0 Å². The van der Waals surface area contributed by atoms with Crippen LogP contribution in [0.3, 0.4) is 0 Å². The predicted octanol–water partition coefficient (Wildman–Crippen LogP) is -1.13. The summed E-state index contributed by atoms with van der Waals surface area (Å²) in [5.74, 6) is -2.76. The molecule has 1 rings (SSSR count). The van der Waals surface area contributed by atoms with E-state index in [-0.39, 0.29) is 4.57 Å². The van der Waals surface area contributed by atoms with E-state index in [0.717, 1.165) is 6.08 Å². The summed E-state index contributed by atoms with van der Waals surface area (Å²) in [5, 5.41) is 10.5. The van der Waals surface area contributed by atoms with Gasteiger partial charge in [0.1, 0.15) is 6.04 Å². The Morgan fingerprint density at radius 1 is 1.56 bits per heavy atom. The molecule has 1 unspecified atom stereocenters. The molecule has 0 aliphatic rings. The van der Waals surface area contributed by atoms with Crippen molar-refractivity contribution in [1.29, 1.82) is 0 Å². The largest absolute Gasteiger partial charge is 0.479 e. The molecule has 9 heteroatoms. The molecule has 0 bridgehead atoms. The Hall–Kier alpha value is -2.71. The highest BCUT2D eigenvalue weighted by Crippen LogP contribution is 1.89. The highest BCUT2D eigenvalue weighted by molar-refractivity contribution is 5.84. The van der Waals surface area contributed by atoms with Gasteiger partial charge in [-0.2, -0.15) is 4.39 Å². The fraction of sp³-hybridized carbons (Fsp3) is 0.111. The van der Waals surface area contributed by atoms with Crippen LogP contribution in [0.1, 0.15) is 0 Å². The summed E-state index contributed by atoms with van der Waals surface area (Å²) in [4.78, 5) is 45.5. The van der Waals surface area contributed by atoms with Crippen LogP contribution in [0.4, 0.5) is 9.18 Å². The molecular weight excluding hydrogens is 249 g/mol. The second-order valence-electron chi connectivity index (χ2n) is 3.11. The highest BCUT2D eigenvalue weighted by Gasteiger charge is 2.18. The number of aliphatic carboxylic acids is 1. The second kappa shape index (κ2) is 5.08. The van der Waals surface area contributed by atoms with Gasteiger partial charge in [0.25, 0.3) is 5.56 Å². The molecule has 0 aromatic carbocycles. The van der Waals surface area contributed by atoms with Gasteiger partial charge in [-0.1, -0.05) is 6.08 Å². The number of hydrogen-bond donors (Lipinski definition) is 3. The van der Waals surface area contributed by atoms with Gasteiger partial charge in [0, 0.05) is 0 Å². The minimum absolute atomic E-state index is 0.205. The summed E-state index contributed by atoms with van der Waals surface area (Å²) in [6.07, 6.45) is 1.27. The van der Waals surface area contributed by atoms with Gasteiger partial charge in [0.15, 0.2) is 0 Å². The number of amides is 1. The summed E-state index contributed by atoms with van der Waals surface area (Å²) >= 11 is 0. The van der Waals surface area contributed by atoms with E-state index in [9.17, 15) is 23.6 Å². The molecule has 1 amide bonds. The third kappa shape index (κ3) is 2.70. The van der Waals surface area contributed by atoms with Crippen molar-refractivity contribution < 1.29 is 19.1 Å². The molecule has 3 N–H and O–H groups in total. The molecule has 1 heterocycles. The number of nitrogens with zero attached hydrogens (tertiary/aromatic N) is 1. The lowest BCUT2D eigenvalue weighted by Gasteiger charge is -2.10. The topological polar surface area (TPSA) is 121 Å². The molecule has 18 heavy (non-hydrogen) atoms. The van der Waals surface area contributed by atoms with Crippen molar-refractivity contribution in [3.05, 3.63) is 45.5 Å². The standard InChI is InChI=1S/C9H8FN3O5/c1-2-5(7(15)16)11-8(17)13-3-4(10)6(14)12-9(13)18/h2-3,5H,1H2,(H,11,17)(H,15,16)(H,12,14,18). The lowest BCUT2D eigenvalue weighted by atomic mass is 10.3. The van der Waals surface area contributed by atoms with Gasteiger partial charge in [0.2, 0.25) is 5.82 Å². The Morgan fingerprint density at radius 2 is 2.17 bits per heavy atom. The maximum Gasteiger partial charge on any atom is 0.336 e. The molecule has 8 nitrogen and oxygen atoms in total. The molecule has 96 valence electrons. The van der Waals surface area contributed by atoms with Gasteiger partial charge in [0.05, 0.1) is 6.20 Å². The monoisotopic (exact) mass is 257 g/mol. The normalized spacial score (nSPS) is 11.6. The minimum atomic E-state index is -1.45. The van der Waals surface area contributed by atoms with Gasteiger partial charge in [-0.05, 0) is 0 Å². The SMILES string of the molecule is C=CC(NC(=O)n1cc(F)c(=O)[nH]c1=O)C(=O)O. The average molecular weight is 257 g/mol. The fourth-order valence-corrected chi connectivity index (χ4v) is 1.02. The molecular formula is C9H8FN3O5. The van der Waals surface area contributed by atoms with Crippen LogP contribution in [0.2, 0.25) is 0 Å². The number of carbonyl (C=O) groups excluding carboxylic acids is 1. The number of rotatable bonds is 3. The number of H-pyrrole nitrogens is 1. The number of aromatic nitrogens is 2. The van der Waals surface area contributed by atoms with Crippen molar-refractivity contribution in [2.24, 2.45) is 0 Å². The lowest BCUT2D eigenvalue weighted by Crippen LogP contribution is -2.46. The van der Waals surface area contributed by atoms with Crippen molar-refractivity contribution >= 4 is 12.0 Å². The Bertz CT molecular complexity index is 617. The van der Waals surface area contributed by atoms with E-state index in [4.69, 9.17) is 5.11 Å². The first-order valence-electron chi connectivity index (χ1n) is 4.54. The Kier molecular flexibility index (Phi) is 3.77.